The minimum atomic E-state index is -0.778. The van der Waals surface area contributed by atoms with Crippen LogP contribution in [0.25, 0.3) is 0 Å². The van der Waals surface area contributed by atoms with Gasteiger partial charge in [0.25, 0.3) is 0 Å². The number of anilines is 1. The van der Waals surface area contributed by atoms with E-state index >= 15 is 0 Å². The molecule has 1 unspecified atom stereocenters. The summed E-state index contributed by atoms with van der Waals surface area (Å²) in [5.74, 6) is 1.03. The van der Waals surface area contributed by atoms with E-state index < -0.39 is 12.1 Å². The van der Waals surface area contributed by atoms with Crippen LogP contribution in [-0.4, -0.2) is 18.0 Å². The average molecular weight is 375 g/mol. The second-order valence-electron chi connectivity index (χ2n) is 6.18. The molecule has 6 heteroatoms. The first-order chi connectivity index (χ1) is 13.6. The summed E-state index contributed by atoms with van der Waals surface area (Å²) in [4.78, 5) is 23.9. The predicted molar refractivity (Wildman–Crippen MR) is 108 cm³/mol. The van der Waals surface area contributed by atoms with Crippen LogP contribution in [0.1, 0.15) is 5.56 Å². The Morgan fingerprint density at radius 2 is 1.39 bits per heavy atom. The lowest BCUT2D eigenvalue weighted by molar-refractivity contribution is -0.117. The highest BCUT2D eigenvalue weighted by Gasteiger charge is 2.20. The Bertz CT molecular complexity index is 913. The molecule has 0 saturated heterocycles. The number of nitrogens with two attached hydrogens (primary N) is 1. The van der Waals surface area contributed by atoms with Crippen LogP contribution in [0.2, 0.25) is 0 Å². The number of nitrogens with one attached hydrogen (secondary N) is 2. The van der Waals surface area contributed by atoms with Gasteiger partial charge in [-0.05, 0) is 42.0 Å². The van der Waals surface area contributed by atoms with Crippen molar-refractivity contribution in [3.8, 4) is 11.5 Å². The first kappa shape index (κ1) is 19.0. The third kappa shape index (κ3) is 5.60. The second kappa shape index (κ2) is 9.23. The maximum absolute atomic E-state index is 12.6. The van der Waals surface area contributed by atoms with E-state index in [0.29, 0.717) is 17.9 Å². The van der Waals surface area contributed by atoms with Crippen molar-refractivity contribution in [1.82, 2.24) is 5.32 Å². The predicted octanol–water partition coefficient (Wildman–Crippen LogP) is 3.70. The summed E-state index contributed by atoms with van der Waals surface area (Å²) in [5, 5.41) is 5.29. The van der Waals surface area contributed by atoms with Gasteiger partial charge >= 0.3 is 6.03 Å². The van der Waals surface area contributed by atoms with Gasteiger partial charge in [0.15, 0.2) is 0 Å². The molecule has 3 amide bonds. The molecule has 0 fully saturated rings. The first-order valence-corrected chi connectivity index (χ1v) is 8.84. The number of carbonyl (C=O) groups is 2. The fraction of sp³-hybridized carbons (Fsp3) is 0.0909. The summed E-state index contributed by atoms with van der Waals surface area (Å²) in [6, 6.07) is 24.3. The molecule has 142 valence electrons. The van der Waals surface area contributed by atoms with E-state index in [1.54, 1.807) is 24.3 Å². The van der Waals surface area contributed by atoms with Crippen molar-refractivity contribution in [2.24, 2.45) is 5.73 Å². The van der Waals surface area contributed by atoms with Gasteiger partial charge in [0.2, 0.25) is 5.91 Å². The van der Waals surface area contributed by atoms with E-state index in [4.69, 9.17) is 10.5 Å². The molecule has 0 aliphatic carbocycles. The van der Waals surface area contributed by atoms with E-state index in [-0.39, 0.29) is 5.91 Å². The van der Waals surface area contributed by atoms with Crippen molar-refractivity contribution < 1.29 is 14.3 Å². The minimum absolute atomic E-state index is 0.338. The molecule has 0 saturated carbocycles. The van der Waals surface area contributed by atoms with E-state index in [1.165, 1.54) is 0 Å². The highest BCUT2D eigenvalue weighted by molar-refractivity contribution is 5.97. The van der Waals surface area contributed by atoms with Crippen LogP contribution in [-0.2, 0) is 11.2 Å². The number of amides is 3. The summed E-state index contributed by atoms with van der Waals surface area (Å²) >= 11 is 0. The van der Waals surface area contributed by atoms with Crippen LogP contribution in [0.5, 0.6) is 11.5 Å². The quantitative estimate of drug-likeness (QED) is 0.588. The van der Waals surface area contributed by atoms with E-state index in [9.17, 15) is 9.59 Å². The third-order valence-electron chi connectivity index (χ3n) is 4.02. The SMILES string of the molecule is NC(=O)NC(Cc1ccccc1)C(=O)Nc1ccc(Oc2ccccc2)cc1. The Hall–Kier alpha value is -3.80. The molecule has 0 heterocycles. The van der Waals surface area contributed by atoms with Gasteiger partial charge in [-0.25, -0.2) is 4.79 Å². The number of benzene rings is 3. The van der Waals surface area contributed by atoms with Crippen molar-refractivity contribution in [3.63, 3.8) is 0 Å². The van der Waals surface area contributed by atoms with Crippen LogP contribution in [0, 0.1) is 0 Å². The zero-order valence-corrected chi connectivity index (χ0v) is 15.2. The molecule has 0 aliphatic heterocycles. The molecule has 0 radical (unpaired) electrons. The monoisotopic (exact) mass is 375 g/mol. The lowest BCUT2D eigenvalue weighted by Crippen LogP contribution is -2.47. The molecule has 6 nitrogen and oxygen atoms in total. The molecule has 0 spiro atoms. The summed E-state index contributed by atoms with van der Waals surface area (Å²) in [6.07, 6.45) is 0.338. The zero-order chi connectivity index (χ0) is 19.8. The maximum atomic E-state index is 12.6. The number of hydrogen-bond acceptors (Lipinski definition) is 3. The Morgan fingerprint density at radius 3 is 2.00 bits per heavy atom. The van der Waals surface area contributed by atoms with Crippen LogP contribution in [0.4, 0.5) is 10.5 Å². The van der Waals surface area contributed by atoms with Gasteiger partial charge in [-0.3, -0.25) is 4.79 Å². The molecule has 1 atom stereocenters. The molecule has 3 rings (SSSR count). The summed E-state index contributed by atoms with van der Waals surface area (Å²) in [6.45, 7) is 0. The van der Waals surface area contributed by atoms with Crippen molar-refractivity contribution in [3.05, 3.63) is 90.5 Å². The maximum Gasteiger partial charge on any atom is 0.312 e. The Labute approximate surface area is 163 Å². The van der Waals surface area contributed by atoms with Gasteiger partial charge in [0, 0.05) is 12.1 Å². The molecular formula is C22H21N3O3. The summed E-state index contributed by atoms with van der Waals surface area (Å²) in [7, 11) is 0. The van der Waals surface area contributed by atoms with Gasteiger partial charge in [0.1, 0.15) is 17.5 Å². The molecule has 4 N–H and O–H groups in total. The number of hydrogen-bond donors (Lipinski definition) is 3. The third-order valence-corrected chi connectivity index (χ3v) is 4.02. The lowest BCUT2D eigenvalue weighted by Gasteiger charge is -2.17. The van der Waals surface area contributed by atoms with Gasteiger partial charge < -0.3 is 21.1 Å². The molecule has 28 heavy (non-hydrogen) atoms. The Balaban J connectivity index is 1.64. The molecular weight excluding hydrogens is 354 g/mol. The van der Waals surface area contributed by atoms with E-state index in [0.717, 1.165) is 11.3 Å². The van der Waals surface area contributed by atoms with Crippen LogP contribution < -0.4 is 21.1 Å². The van der Waals surface area contributed by atoms with Crippen molar-refractivity contribution >= 4 is 17.6 Å². The normalized spacial score (nSPS) is 11.3. The fourth-order valence-corrected chi connectivity index (χ4v) is 2.69. The standard InChI is InChI=1S/C22H21N3O3/c23-22(27)25-20(15-16-7-3-1-4-8-16)21(26)24-17-11-13-19(14-12-17)28-18-9-5-2-6-10-18/h1-14,20H,15H2,(H,24,26)(H3,23,25,27). The highest BCUT2D eigenvalue weighted by atomic mass is 16.5. The fourth-order valence-electron chi connectivity index (χ4n) is 2.69. The van der Waals surface area contributed by atoms with Crippen molar-refractivity contribution in [1.29, 1.82) is 0 Å². The van der Waals surface area contributed by atoms with Crippen molar-refractivity contribution in [2.75, 3.05) is 5.32 Å². The second-order valence-corrected chi connectivity index (χ2v) is 6.18. The average Bonchev–Trinajstić information content (AvgIpc) is 2.70. The lowest BCUT2D eigenvalue weighted by atomic mass is 10.1. The molecule has 0 bridgehead atoms. The van der Waals surface area contributed by atoms with Crippen LogP contribution in [0.15, 0.2) is 84.9 Å². The van der Waals surface area contributed by atoms with Crippen LogP contribution >= 0.6 is 0 Å². The Kier molecular flexibility index (Phi) is 6.25. The number of para-hydroxylation sites is 1. The smallest absolute Gasteiger partial charge is 0.312 e. The van der Waals surface area contributed by atoms with Gasteiger partial charge in [-0.15, -0.1) is 0 Å². The Morgan fingerprint density at radius 1 is 0.821 bits per heavy atom. The number of primary amides is 1. The van der Waals surface area contributed by atoms with Gasteiger partial charge in [0.05, 0.1) is 0 Å². The van der Waals surface area contributed by atoms with E-state index in [1.807, 2.05) is 60.7 Å². The highest BCUT2D eigenvalue weighted by Crippen LogP contribution is 2.22. The van der Waals surface area contributed by atoms with E-state index in [2.05, 4.69) is 10.6 Å². The number of urea groups is 1. The van der Waals surface area contributed by atoms with Gasteiger partial charge in [-0.1, -0.05) is 48.5 Å². The van der Waals surface area contributed by atoms with Gasteiger partial charge in [-0.2, -0.15) is 0 Å². The minimum Gasteiger partial charge on any atom is -0.457 e. The summed E-state index contributed by atoms with van der Waals surface area (Å²) in [5.41, 5.74) is 6.74. The number of rotatable bonds is 7. The largest absolute Gasteiger partial charge is 0.457 e. The van der Waals surface area contributed by atoms with Crippen molar-refractivity contribution in [2.45, 2.75) is 12.5 Å². The summed E-state index contributed by atoms with van der Waals surface area (Å²) < 4.78 is 5.73. The van der Waals surface area contributed by atoms with Crippen LogP contribution in [0.3, 0.4) is 0 Å². The topological polar surface area (TPSA) is 93.5 Å². The molecule has 0 aliphatic rings. The molecule has 3 aromatic carbocycles. The number of ether oxygens (including phenoxy) is 1. The zero-order valence-electron chi connectivity index (χ0n) is 15.2. The number of carbonyl (C=O) groups excluding carboxylic acids is 2. The first-order valence-electron chi connectivity index (χ1n) is 8.84. The molecule has 3 aromatic rings. The molecule has 0 aromatic heterocycles.